The molecule has 25 heavy (non-hydrogen) atoms. The molecular weight excluding hydrogens is 361 g/mol. The van der Waals surface area contributed by atoms with Crippen molar-refractivity contribution in [1.82, 2.24) is 10.4 Å². The Kier molecular flexibility index (Phi) is 5.93. The van der Waals surface area contributed by atoms with Gasteiger partial charge in [-0.1, -0.05) is 41.4 Å². The molecule has 2 N–H and O–H groups in total. The SMILES string of the molecule is CC(C)(C)N(NC(=O)Nc1ccccc1)C(=O)c1ccc(Cl)c(Cl)c1. The van der Waals surface area contributed by atoms with E-state index in [0.717, 1.165) is 0 Å². The van der Waals surface area contributed by atoms with Crippen molar-refractivity contribution in [3.05, 3.63) is 64.1 Å². The largest absolute Gasteiger partial charge is 0.338 e. The van der Waals surface area contributed by atoms with Crippen molar-refractivity contribution in [2.45, 2.75) is 26.3 Å². The van der Waals surface area contributed by atoms with Gasteiger partial charge in [0.2, 0.25) is 0 Å². The average Bonchev–Trinajstić information content (AvgIpc) is 2.54. The summed E-state index contributed by atoms with van der Waals surface area (Å²) in [6.07, 6.45) is 0. The summed E-state index contributed by atoms with van der Waals surface area (Å²) >= 11 is 11.9. The van der Waals surface area contributed by atoms with Crippen LogP contribution in [0.3, 0.4) is 0 Å². The van der Waals surface area contributed by atoms with Gasteiger partial charge in [0.05, 0.1) is 15.6 Å². The molecule has 0 saturated heterocycles. The van der Waals surface area contributed by atoms with E-state index in [0.29, 0.717) is 16.3 Å². The van der Waals surface area contributed by atoms with Crippen LogP contribution in [0.1, 0.15) is 31.1 Å². The standard InChI is InChI=1S/C18H19Cl2N3O2/c1-18(2,3)23(16(24)12-9-10-14(19)15(20)11-12)22-17(25)21-13-7-5-4-6-8-13/h4-11H,1-3H3,(H2,21,22,25). The lowest BCUT2D eigenvalue weighted by Gasteiger charge is -2.35. The summed E-state index contributed by atoms with van der Waals surface area (Å²) in [6, 6.07) is 13.0. The van der Waals surface area contributed by atoms with Crippen LogP contribution < -0.4 is 10.7 Å². The zero-order valence-electron chi connectivity index (χ0n) is 14.1. The van der Waals surface area contributed by atoms with E-state index >= 15 is 0 Å². The van der Waals surface area contributed by atoms with Gasteiger partial charge in [-0.2, -0.15) is 0 Å². The second-order valence-corrected chi connectivity index (χ2v) is 7.19. The highest BCUT2D eigenvalue weighted by Gasteiger charge is 2.29. The molecule has 7 heteroatoms. The zero-order valence-corrected chi connectivity index (χ0v) is 15.7. The molecule has 0 aliphatic rings. The molecule has 0 heterocycles. The lowest BCUT2D eigenvalue weighted by atomic mass is 10.1. The average molecular weight is 380 g/mol. The molecule has 0 aromatic heterocycles. The number of urea groups is 1. The molecule has 2 aromatic carbocycles. The molecular formula is C18H19Cl2N3O2. The number of anilines is 1. The molecule has 0 aliphatic heterocycles. The van der Waals surface area contributed by atoms with Crippen molar-refractivity contribution in [3.63, 3.8) is 0 Å². The Balaban J connectivity index is 2.19. The zero-order chi connectivity index (χ0) is 18.6. The van der Waals surface area contributed by atoms with E-state index in [-0.39, 0.29) is 5.02 Å². The number of nitrogens with zero attached hydrogens (tertiary/aromatic N) is 1. The van der Waals surface area contributed by atoms with Crippen molar-refractivity contribution < 1.29 is 9.59 Å². The van der Waals surface area contributed by atoms with Gasteiger partial charge in [-0.3, -0.25) is 4.79 Å². The third-order valence-corrected chi connectivity index (χ3v) is 4.02. The summed E-state index contributed by atoms with van der Waals surface area (Å²) < 4.78 is 0. The Morgan fingerprint density at radius 2 is 1.60 bits per heavy atom. The number of amides is 3. The number of rotatable bonds is 2. The molecule has 2 aromatic rings. The van der Waals surface area contributed by atoms with Crippen LogP contribution in [-0.2, 0) is 0 Å². The topological polar surface area (TPSA) is 61.4 Å². The number of benzene rings is 2. The molecule has 0 radical (unpaired) electrons. The fraction of sp³-hybridized carbons (Fsp3) is 0.222. The third kappa shape index (κ3) is 5.11. The Morgan fingerprint density at radius 3 is 2.16 bits per heavy atom. The molecule has 3 amide bonds. The third-order valence-electron chi connectivity index (χ3n) is 3.29. The molecule has 0 aliphatic carbocycles. The number of hydrazine groups is 1. The second-order valence-electron chi connectivity index (χ2n) is 6.37. The molecule has 0 spiro atoms. The van der Waals surface area contributed by atoms with Crippen LogP contribution in [0.2, 0.25) is 10.0 Å². The van der Waals surface area contributed by atoms with Crippen LogP contribution in [0.4, 0.5) is 10.5 Å². The summed E-state index contributed by atoms with van der Waals surface area (Å²) in [7, 11) is 0. The van der Waals surface area contributed by atoms with Crippen molar-refractivity contribution >= 4 is 40.8 Å². The van der Waals surface area contributed by atoms with Crippen molar-refractivity contribution in [2.75, 3.05) is 5.32 Å². The maximum Gasteiger partial charge on any atom is 0.338 e. The van der Waals surface area contributed by atoms with Crippen molar-refractivity contribution in [3.8, 4) is 0 Å². The number of halogens is 2. The predicted octanol–water partition coefficient (Wildman–Crippen LogP) is 4.97. The molecule has 0 fully saturated rings. The highest BCUT2D eigenvalue weighted by atomic mass is 35.5. The fourth-order valence-electron chi connectivity index (χ4n) is 2.06. The summed E-state index contributed by atoms with van der Waals surface area (Å²) in [5.74, 6) is -0.394. The van der Waals surface area contributed by atoms with E-state index in [9.17, 15) is 9.59 Å². The van der Waals surface area contributed by atoms with Crippen LogP contribution in [0, 0.1) is 0 Å². The number of carbonyl (C=O) groups is 2. The monoisotopic (exact) mass is 379 g/mol. The highest BCUT2D eigenvalue weighted by Crippen LogP contribution is 2.24. The van der Waals surface area contributed by atoms with Gasteiger partial charge in [0.1, 0.15) is 0 Å². The number of para-hydroxylation sites is 1. The Labute approximate surface area is 156 Å². The van der Waals surface area contributed by atoms with Crippen LogP contribution >= 0.6 is 23.2 Å². The van der Waals surface area contributed by atoms with E-state index in [4.69, 9.17) is 23.2 Å². The lowest BCUT2D eigenvalue weighted by molar-refractivity contribution is 0.0460. The first-order chi connectivity index (χ1) is 11.7. The van der Waals surface area contributed by atoms with Gasteiger partial charge < -0.3 is 5.32 Å². The first-order valence-corrected chi connectivity index (χ1v) is 8.36. The minimum atomic E-state index is -0.656. The Morgan fingerprint density at radius 1 is 0.960 bits per heavy atom. The number of hydrogen-bond donors (Lipinski definition) is 2. The Bertz CT molecular complexity index is 774. The van der Waals surface area contributed by atoms with Crippen LogP contribution in [0.5, 0.6) is 0 Å². The Hall–Kier alpha value is -2.24. The molecule has 2 rings (SSSR count). The van der Waals surface area contributed by atoms with Gasteiger partial charge in [0, 0.05) is 11.3 Å². The van der Waals surface area contributed by atoms with Gasteiger partial charge in [0.25, 0.3) is 5.91 Å². The maximum atomic E-state index is 12.8. The lowest BCUT2D eigenvalue weighted by Crippen LogP contribution is -2.56. The number of nitrogens with one attached hydrogen (secondary N) is 2. The van der Waals surface area contributed by atoms with Crippen LogP contribution in [0.25, 0.3) is 0 Å². The van der Waals surface area contributed by atoms with Gasteiger partial charge in [0.15, 0.2) is 0 Å². The second kappa shape index (κ2) is 7.76. The molecule has 132 valence electrons. The van der Waals surface area contributed by atoms with E-state index in [1.165, 1.54) is 11.1 Å². The van der Waals surface area contributed by atoms with Gasteiger partial charge in [-0.25, -0.2) is 15.2 Å². The summed E-state index contributed by atoms with van der Waals surface area (Å²) in [5.41, 5.74) is 2.88. The van der Waals surface area contributed by atoms with Gasteiger partial charge in [-0.15, -0.1) is 0 Å². The van der Waals surface area contributed by atoms with E-state index in [2.05, 4.69) is 10.7 Å². The number of hydrogen-bond acceptors (Lipinski definition) is 2. The minimum Gasteiger partial charge on any atom is -0.307 e. The van der Waals surface area contributed by atoms with Gasteiger partial charge in [-0.05, 0) is 51.1 Å². The highest BCUT2D eigenvalue weighted by molar-refractivity contribution is 6.42. The fourth-order valence-corrected chi connectivity index (χ4v) is 2.36. The summed E-state index contributed by atoms with van der Waals surface area (Å²) in [4.78, 5) is 25.1. The van der Waals surface area contributed by atoms with Crippen molar-refractivity contribution in [1.29, 1.82) is 0 Å². The number of carbonyl (C=O) groups excluding carboxylic acids is 2. The van der Waals surface area contributed by atoms with Crippen LogP contribution in [-0.4, -0.2) is 22.5 Å². The quantitative estimate of drug-likeness (QED) is 0.723. The maximum absolute atomic E-state index is 12.8. The summed E-state index contributed by atoms with van der Waals surface area (Å²) in [5, 5.41) is 4.57. The molecule has 0 saturated carbocycles. The van der Waals surface area contributed by atoms with E-state index in [1.54, 1.807) is 36.4 Å². The normalized spacial score (nSPS) is 10.9. The van der Waals surface area contributed by atoms with Gasteiger partial charge >= 0.3 is 6.03 Å². The molecule has 5 nitrogen and oxygen atoms in total. The molecule has 0 unspecified atom stereocenters. The summed E-state index contributed by atoms with van der Waals surface area (Å²) in [6.45, 7) is 5.43. The first-order valence-electron chi connectivity index (χ1n) is 7.61. The first kappa shape index (κ1) is 19.1. The molecule has 0 bridgehead atoms. The predicted molar refractivity (Wildman–Crippen MR) is 101 cm³/mol. The smallest absolute Gasteiger partial charge is 0.307 e. The van der Waals surface area contributed by atoms with E-state index < -0.39 is 17.5 Å². The minimum absolute atomic E-state index is 0.273. The van der Waals surface area contributed by atoms with Crippen LogP contribution in [0.15, 0.2) is 48.5 Å². The van der Waals surface area contributed by atoms with Crippen molar-refractivity contribution in [2.24, 2.45) is 0 Å². The molecule has 0 atom stereocenters. The van der Waals surface area contributed by atoms with E-state index in [1.807, 2.05) is 26.8 Å².